The van der Waals surface area contributed by atoms with Gasteiger partial charge in [-0.25, -0.2) is 12.8 Å². The fourth-order valence-corrected chi connectivity index (χ4v) is 5.60. The van der Waals surface area contributed by atoms with Crippen LogP contribution in [0.15, 0.2) is 71.6 Å². The van der Waals surface area contributed by atoms with E-state index in [4.69, 9.17) is 23.2 Å². The molecule has 2 amide bonds. The summed E-state index contributed by atoms with van der Waals surface area (Å²) >= 11 is 12.5. The molecule has 0 unspecified atom stereocenters. The first-order valence-corrected chi connectivity index (χ1v) is 14.0. The summed E-state index contributed by atoms with van der Waals surface area (Å²) in [6.07, 6.45) is 0. The van der Waals surface area contributed by atoms with Gasteiger partial charge in [0.05, 0.1) is 15.6 Å². The van der Waals surface area contributed by atoms with Gasteiger partial charge in [-0.1, -0.05) is 59.1 Å². The lowest BCUT2D eigenvalue weighted by Gasteiger charge is -2.32. The van der Waals surface area contributed by atoms with Crippen LogP contribution in [-0.4, -0.2) is 44.3 Å². The molecule has 0 radical (unpaired) electrons. The van der Waals surface area contributed by atoms with E-state index >= 15 is 0 Å². The molecule has 38 heavy (non-hydrogen) atoms. The molecule has 3 aromatic rings. The monoisotopic (exact) mass is 579 g/mol. The molecule has 0 aromatic heterocycles. The van der Waals surface area contributed by atoms with E-state index in [1.54, 1.807) is 25.1 Å². The molecule has 3 rings (SSSR count). The van der Waals surface area contributed by atoms with Crippen LogP contribution < -0.4 is 9.62 Å². The summed E-state index contributed by atoms with van der Waals surface area (Å²) in [5.74, 6) is -1.76. The van der Waals surface area contributed by atoms with Gasteiger partial charge in [-0.3, -0.25) is 13.9 Å². The summed E-state index contributed by atoms with van der Waals surface area (Å²) in [7, 11) is -4.31. The second-order valence-corrected chi connectivity index (χ2v) is 11.3. The Hall–Kier alpha value is -3.14. The molecule has 0 aliphatic rings. The normalized spacial score (nSPS) is 12.1. The highest BCUT2D eigenvalue weighted by molar-refractivity contribution is 7.92. The maximum absolute atomic E-state index is 14.5. The van der Waals surface area contributed by atoms with E-state index in [1.807, 2.05) is 6.92 Å². The Morgan fingerprint density at radius 3 is 2.32 bits per heavy atom. The number of carbonyl (C=O) groups excluding carboxylic acids is 2. The quantitative estimate of drug-likeness (QED) is 0.358. The molecule has 3 aromatic carbocycles. The summed E-state index contributed by atoms with van der Waals surface area (Å²) in [5, 5.41) is 2.91. The molecule has 0 spiro atoms. The minimum absolute atomic E-state index is 0.00963. The van der Waals surface area contributed by atoms with Crippen molar-refractivity contribution < 1.29 is 22.4 Å². The summed E-state index contributed by atoms with van der Waals surface area (Å²) < 4.78 is 43.0. The fourth-order valence-electron chi connectivity index (χ4n) is 3.74. The van der Waals surface area contributed by atoms with Crippen LogP contribution in [0.25, 0.3) is 0 Å². The van der Waals surface area contributed by atoms with Crippen LogP contribution in [0.3, 0.4) is 0 Å². The standard InChI is InChI=1S/C27H28Cl2FN3O4S/c1-4-31-27(35)19(3)32(16-20-7-5-6-8-24(20)30)26(34)17-33(25-15-21(28)11-14-23(25)29)38(36,37)22-12-9-18(2)10-13-22/h5-15,19H,4,16-17H2,1-3H3,(H,31,35)/t19-/m1/s1. The first-order chi connectivity index (χ1) is 17.9. The van der Waals surface area contributed by atoms with E-state index in [0.717, 1.165) is 14.8 Å². The number of rotatable bonds is 10. The molecule has 0 saturated heterocycles. The predicted octanol–water partition coefficient (Wildman–Crippen LogP) is 5.19. The van der Waals surface area contributed by atoms with Gasteiger partial charge in [0.1, 0.15) is 18.4 Å². The number of halogens is 3. The van der Waals surface area contributed by atoms with Crippen LogP contribution in [0.4, 0.5) is 10.1 Å². The van der Waals surface area contributed by atoms with Crippen molar-refractivity contribution in [2.24, 2.45) is 0 Å². The Balaban J connectivity index is 2.09. The molecule has 11 heteroatoms. The first-order valence-electron chi connectivity index (χ1n) is 11.8. The minimum Gasteiger partial charge on any atom is -0.355 e. The number of likely N-dealkylation sites (N-methyl/N-ethyl adjacent to an activating group) is 1. The van der Waals surface area contributed by atoms with Crippen LogP contribution in [0.2, 0.25) is 10.0 Å². The van der Waals surface area contributed by atoms with Gasteiger partial charge in [-0.2, -0.15) is 0 Å². The lowest BCUT2D eigenvalue weighted by atomic mass is 10.1. The number of sulfonamides is 1. The topological polar surface area (TPSA) is 86.8 Å². The minimum atomic E-state index is -4.31. The highest BCUT2D eigenvalue weighted by Gasteiger charge is 2.33. The third-order valence-corrected chi connectivity index (χ3v) is 8.21. The average molecular weight is 581 g/mol. The molecular formula is C27H28Cl2FN3O4S. The van der Waals surface area contributed by atoms with Gasteiger partial charge in [-0.15, -0.1) is 0 Å². The van der Waals surface area contributed by atoms with E-state index in [-0.39, 0.29) is 32.7 Å². The number of carbonyl (C=O) groups is 2. The highest BCUT2D eigenvalue weighted by atomic mass is 35.5. The van der Waals surface area contributed by atoms with Gasteiger partial charge in [0, 0.05) is 23.7 Å². The van der Waals surface area contributed by atoms with E-state index in [2.05, 4.69) is 5.32 Å². The molecule has 0 saturated carbocycles. The number of anilines is 1. The number of hydrogen-bond acceptors (Lipinski definition) is 4. The van der Waals surface area contributed by atoms with Crippen molar-refractivity contribution in [3.05, 3.63) is 93.7 Å². The number of nitrogens with zero attached hydrogens (tertiary/aromatic N) is 2. The van der Waals surface area contributed by atoms with Crippen LogP contribution in [0.5, 0.6) is 0 Å². The summed E-state index contributed by atoms with van der Waals surface area (Å²) in [4.78, 5) is 27.5. The Bertz CT molecular complexity index is 1420. The second-order valence-electron chi connectivity index (χ2n) is 8.60. The van der Waals surface area contributed by atoms with Gasteiger partial charge >= 0.3 is 0 Å². The molecule has 0 fully saturated rings. The third-order valence-electron chi connectivity index (χ3n) is 5.88. The third kappa shape index (κ3) is 6.83. The molecule has 0 aliphatic heterocycles. The van der Waals surface area contributed by atoms with Crippen LogP contribution in [0, 0.1) is 12.7 Å². The van der Waals surface area contributed by atoms with Crippen molar-refractivity contribution in [2.45, 2.75) is 38.3 Å². The van der Waals surface area contributed by atoms with Gasteiger partial charge in [-0.05, 0) is 57.2 Å². The number of hydrogen-bond donors (Lipinski definition) is 1. The van der Waals surface area contributed by atoms with E-state index in [0.29, 0.717) is 6.54 Å². The summed E-state index contributed by atoms with van der Waals surface area (Å²) in [6.45, 7) is 4.38. The lowest BCUT2D eigenvalue weighted by Crippen LogP contribution is -2.51. The smallest absolute Gasteiger partial charge is 0.264 e. The van der Waals surface area contributed by atoms with Gasteiger partial charge in [0.2, 0.25) is 11.8 Å². The number of aryl methyl sites for hydroxylation is 1. The van der Waals surface area contributed by atoms with Crippen LogP contribution in [-0.2, 0) is 26.2 Å². The molecule has 1 atom stereocenters. The van der Waals surface area contributed by atoms with E-state index < -0.39 is 40.2 Å². The van der Waals surface area contributed by atoms with Crippen molar-refractivity contribution in [3.63, 3.8) is 0 Å². The Morgan fingerprint density at radius 1 is 1.03 bits per heavy atom. The largest absolute Gasteiger partial charge is 0.355 e. The second kappa shape index (κ2) is 12.6. The van der Waals surface area contributed by atoms with E-state index in [1.165, 1.54) is 55.5 Å². The molecule has 1 N–H and O–H groups in total. The Morgan fingerprint density at radius 2 is 1.68 bits per heavy atom. The van der Waals surface area contributed by atoms with Crippen molar-refractivity contribution in [1.82, 2.24) is 10.2 Å². The zero-order valence-electron chi connectivity index (χ0n) is 21.1. The molecule has 7 nitrogen and oxygen atoms in total. The molecular weight excluding hydrogens is 552 g/mol. The number of nitrogens with one attached hydrogen (secondary N) is 1. The Labute approximate surface area is 232 Å². The zero-order valence-corrected chi connectivity index (χ0v) is 23.4. The van der Waals surface area contributed by atoms with Gasteiger partial charge < -0.3 is 10.2 Å². The number of amides is 2. The molecule has 0 aliphatic carbocycles. The number of benzene rings is 3. The van der Waals surface area contributed by atoms with Gasteiger partial charge in [0.25, 0.3) is 10.0 Å². The van der Waals surface area contributed by atoms with Gasteiger partial charge in [0.15, 0.2) is 0 Å². The molecule has 0 bridgehead atoms. The molecule has 0 heterocycles. The summed E-state index contributed by atoms with van der Waals surface area (Å²) in [6, 6.07) is 15.2. The maximum atomic E-state index is 14.5. The van der Waals surface area contributed by atoms with E-state index in [9.17, 15) is 22.4 Å². The summed E-state index contributed by atoms with van der Waals surface area (Å²) in [5.41, 5.74) is 1.01. The predicted molar refractivity (Wildman–Crippen MR) is 147 cm³/mol. The Kier molecular flexibility index (Phi) is 9.76. The SMILES string of the molecule is CCNC(=O)[C@@H](C)N(Cc1ccccc1F)C(=O)CN(c1cc(Cl)ccc1Cl)S(=O)(=O)c1ccc(C)cc1. The van der Waals surface area contributed by atoms with Crippen molar-refractivity contribution in [3.8, 4) is 0 Å². The van der Waals surface area contributed by atoms with Crippen molar-refractivity contribution >= 4 is 50.7 Å². The zero-order chi connectivity index (χ0) is 28.0. The van der Waals surface area contributed by atoms with Crippen molar-refractivity contribution in [2.75, 3.05) is 17.4 Å². The average Bonchev–Trinajstić information content (AvgIpc) is 2.88. The lowest BCUT2D eigenvalue weighted by molar-refractivity contribution is -0.139. The van der Waals surface area contributed by atoms with Crippen molar-refractivity contribution in [1.29, 1.82) is 0 Å². The first kappa shape index (κ1) is 29.4. The fraction of sp³-hybridized carbons (Fsp3) is 0.259. The highest BCUT2D eigenvalue weighted by Crippen LogP contribution is 2.33. The molecule has 202 valence electrons. The van der Waals surface area contributed by atoms with Crippen LogP contribution in [0.1, 0.15) is 25.0 Å². The van der Waals surface area contributed by atoms with Crippen LogP contribution >= 0.6 is 23.2 Å². The maximum Gasteiger partial charge on any atom is 0.264 e.